The molecule has 3 heteroatoms. The van der Waals surface area contributed by atoms with E-state index in [0.717, 1.165) is 25.9 Å². The third kappa shape index (κ3) is 2.08. The van der Waals surface area contributed by atoms with Crippen molar-refractivity contribution in [3.8, 4) is 0 Å². The van der Waals surface area contributed by atoms with E-state index in [0.29, 0.717) is 6.42 Å². The van der Waals surface area contributed by atoms with Crippen LogP contribution in [0.4, 0.5) is 0 Å². The average Bonchev–Trinajstić information content (AvgIpc) is 2.55. The first kappa shape index (κ1) is 9.26. The van der Waals surface area contributed by atoms with Crippen LogP contribution in [0.25, 0.3) is 0 Å². The maximum atomic E-state index is 11.5. The summed E-state index contributed by atoms with van der Waals surface area (Å²) in [6.07, 6.45) is 4.51. The van der Waals surface area contributed by atoms with Crippen molar-refractivity contribution in [1.29, 1.82) is 0 Å². The molecule has 0 saturated carbocycles. The number of hydrogen-bond acceptors (Lipinski definition) is 2. The molecule has 1 rings (SSSR count). The van der Waals surface area contributed by atoms with E-state index in [1.54, 1.807) is 6.08 Å². The van der Waals surface area contributed by atoms with Crippen molar-refractivity contribution in [2.75, 3.05) is 13.1 Å². The lowest BCUT2D eigenvalue weighted by Crippen LogP contribution is -2.41. The molecule has 1 aliphatic rings. The number of likely N-dealkylation sites (tertiary alicyclic amines) is 1. The molecule has 1 heterocycles. The van der Waals surface area contributed by atoms with Crippen molar-refractivity contribution in [3.63, 3.8) is 0 Å². The SMILES string of the molecule is C=CCC(N)C(=O)N1CCCC1. The molecule has 1 amide bonds. The molecule has 0 aromatic carbocycles. The summed E-state index contributed by atoms with van der Waals surface area (Å²) < 4.78 is 0. The zero-order valence-corrected chi connectivity index (χ0v) is 7.33. The van der Waals surface area contributed by atoms with E-state index in [9.17, 15) is 4.79 Å². The van der Waals surface area contributed by atoms with Gasteiger partial charge in [-0.05, 0) is 19.3 Å². The van der Waals surface area contributed by atoms with Crippen molar-refractivity contribution in [1.82, 2.24) is 4.90 Å². The molecule has 12 heavy (non-hydrogen) atoms. The van der Waals surface area contributed by atoms with Gasteiger partial charge >= 0.3 is 0 Å². The fourth-order valence-electron chi connectivity index (χ4n) is 1.45. The van der Waals surface area contributed by atoms with Gasteiger partial charge in [0, 0.05) is 13.1 Å². The van der Waals surface area contributed by atoms with Crippen molar-refractivity contribution in [2.45, 2.75) is 25.3 Å². The van der Waals surface area contributed by atoms with Gasteiger partial charge in [-0.1, -0.05) is 6.08 Å². The van der Waals surface area contributed by atoms with E-state index in [1.807, 2.05) is 4.90 Å². The Bertz CT molecular complexity index is 173. The quantitative estimate of drug-likeness (QED) is 0.624. The van der Waals surface area contributed by atoms with Gasteiger partial charge < -0.3 is 10.6 Å². The van der Waals surface area contributed by atoms with Gasteiger partial charge in [-0.3, -0.25) is 4.79 Å². The maximum Gasteiger partial charge on any atom is 0.239 e. The topological polar surface area (TPSA) is 46.3 Å². The average molecular weight is 168 g/mol. The number of amides is 1. The van der Waals surface area contributed by atoms with E-state index in [1.165, 1.54) is 0 Å². The van der Waals surface area contributed by atoms with E-state index in [-0.39, 0.29) is 11.9 Å². The zero-order chi connectivity index (χ0) is 8.97. The lowest BCUT2D eigenvalue weighted by molar-refractivity contribution is -0.131. The Morgan fingerprint density at radius 1 is 1.58 bits per heavy atom. The number of rotatable bonds is 3. The number of hydrogen-bond donors (Lipinski definition) is 1. The maximum absolute atomic E-state index is 11.5. The minimum atomic E-state index is -0.374. The van der Waals surface area contributed by atoms with Crippen LogP contribution in [0, 0.1) is 0 Å². The lowest BCUT2D eigenvalue weighted by atomic mass is 10.2. The molecular formula is C9H16N2O. The Kier molecular flexibility index (Phi) is 3.29. The van der Waals surface area contributed by atoms with Crippen LogP contribution in [-0.2, 0) is 4.79 Å². The Balaban J connectivity index is 2.39. The van der Waals surface area contributed by atoms with Gasteiger partial charge in [0.2, 0.25) is 5.91 Å². The molecule has 2 N–H and O–H groups in total. The van der Waals surface area contributed by atoms with Gasteiger partial charge in [0.05, 0.1) is 6.04 Å². The first-order valence-corrected chi connectivity index (χ1v) is 4.41. The Hall–Kier alpha value is -0.830. The second kappa shape index (κ2) is 4.26. The molecule has 0 spiro atoms. The molecule has 68 valence electrons. The van der Waals surface area contributed by atoms with E-state index >= 15 is 0 Å². The smallest absolute Gasteiger partial charge is 0.239 e. The van der Waals surface area contributed by atoms with Crippen molar-refractivity contribution >= 4 is 5.91 Å². The summed E-state index contributed by atoms with van der Waals surface area (Å²) in [5.74, 6) is 0.0763. The fourth-order valence-corrected chi connectivity index (χ4v) is 1.45. The minimum Gasteiger partial charge on any atom is -0.341 e. The Morgan fingerprint density at radius 3 is 2.67 bits per heavy atom. The second-order valence-electron chi connectivity index (χ2n) is 3.16. The van der Waals surface area contributed by atoms with Crippen LogP contribution in [0.15, 0.2) is 12.7 Å². The first-order valence-electron chi connectivity index (χ1n) is 4.41. The van der Waals surface area contributed by atoms with Gasteiger partial charge in [0.1, 0.15) is 0 Å². The summed E-state index contributed by atoms with van der Waals surface area (Å²) in [7, 11) is 0. The summed E-state index contributed by atoms with van der Waals surface area (Å²) in [5.41, 5.74) is 5.65. The molecule has 0 bridgehead atoms. The Labute approximate surface area is 73.2 Å². The van der Waals surface area contributed by atoms with Gasteiger partial charge in [-0.15, -0.1) is 6.58 Å². The molecule has 3 nitrogen and oxygen atoms in total. The lowest BCUT2D eigenvalue weighted by Gasteiger charge is -2.18. The highest BCUT2D eigenvalue weighted by Gasteiger charge is 2.22. The normalized spacial score (nSPS) is 19.2. The van der Waals surface area contributed by atoms with E-state index in [4.69, 9.17) is 5.73 Å². The van der Waals surface area contributed by atoms with E-state index in [2.05, 4.69) is 6.58 Å². The second-order valence-corrected chi connectivity index (χ2v) is 3.16. The van der Waals surface area contributed by atoms with Gasteiger partial charge in [0.15, 0.2) is 0 Å². The van der Waals surface area contributed by atoms with Crippen molar-refractivity contribution < 1.29 is 4.79 Å². The molecule has 1 aliphatic heterocycles. The van der Waals surface area contributed by atoms with E-state index < -0.39 is 0 Å². The summed E-state index contributed by atoms with van der Waals surface area (Å²) >= 11 is 0. The highest BCUT2D eigenvalue weighted by atomic mass is 16.2. The predicted molar refractivity (Wildman–Crippen MR) is 48.6 cm³/mol. The molecule has 0 aliphatic carbocycles. The molecule has 1 fully saturated rings. The highest BCUT2D eigenvalue weighted by molar-refractivity contribution is 5.82. The summed E-state index contributed by atoms with van der Waals surface area (Å²) in [4.78, 5) is 13.3. The summed E-state index contributed by atoms with van der Waals surface area (Å²) in [5, 5.41) is 0. The van der Waals surface area contributed by atoms with Crippen LogP contribution in [-0.4, -0.2) is 29.9 Å². The van der Waals surface area contributed by atoms with Crippen LogP contribution < -0.4 is 5.73 Å². The fraction of sp³-hybridized carbons (Fsp3) is 0.667. The number of nitrogens with two attached hydrogens (primary N) is 1. The number of carbonyl (C=O) groups is 1. The number of nitrogens with zero attached hydrogens (tertiary/aromatic N) is 1. The molecule has 0 aromatic heterocycles. The van der Waals surface area contributed by atoms with Crippen LogP contribution in [0.3, 0.4) is 0 Å². The highest BCUT2D eigenvalue weighted by Crippen LogP contribution is 2.09. The summed E-state index contributed by atoms with van der Waals surface area (Å²) in [6.45, 7) is 5.32. The van der Waals surface area contributed by atoms with Crippen LogP contribution in [0.2, 0.25) is 0 Å². The van der Waals surface area contributed by atoms with Crippen LogP contribution >= 0.6 is 0 Å². The third-order valence-corrected chi connectivity index (χ3v) is 2.16. The monoisotopic (exact) mass is 168 g/mol. The standard InChI is InChI=1S/C9H16N2O/c1-2-5-8(10)9(12)11-6-3-4-7-11/h2,8H,1,3-7,10H2. The van der Waals surface area contributed by atoms with Gasteiger partial charge in [-0.25, -0.2) is 0 Å². The van der Waals surface area contributed by atoms with Crippen molar-refractivity contribution in [2.24, 2.45) is 5.73 Å². The molecular weight excluding hydrogens is 152 g/mol. The minimum absolute atomic E-state index is 0.0763. The molecule has 0 aromatic rings. The number of carbonyl (C=O) groups excluding carboxylic acids is 1. The summed E-state index contributed by atoms with van der Waals surface area (Å²) in [6, 6.07) is -0.374. The zero-order valence-electron chi connectivity index (χ0n) is 7.33. The molecule has 1 saturated heterocycles. The van der Waals surface area contributed by atoms with Crippen LogP contribution in [0.1, 0.15) is 19.3 Å². The van der Waals surface area contributed by atoms with Gasteiger partial charge in [-0.2, -0.15) is 0 Å². The molecule has 1 unspecified atom stereocenters. The Morgan fingerprint density at radius 2 is 2.17 bits per heavy atom. The first-order chi connectivity index (χ1) is 5.75. The predicted octanol–water partition coefficient (Wildman–Crippen LogP) is 0.512. The van der Waals surface area contributed by atoms with Crippen molar-refractivity contribution in [3.05, 3.63) is 12.7 Å². The van der Waals surface area contributed by atoms with Crippen LogP contribution in [0.5, 0.6) is 0 Å². The largest absolute Gasteiger partial charge is 0.341 e. The third-order valence-electron chi connectivity index (χ3n) is 2.16. The molecule has 0 radical (unpaired) electrons. The molecule has 1 atom stereocenters. The van der Waals surface area contributed by atoms with Gasteiger partial charge in [0.25, 0.3) is 0 Å².